The van der Waals surface area contributed by atoms with Crippen LogP contribution in [-0.2, 0) is 11.3 Å². The van der Waals surface area contributed by atoms with Gasteiger partial charge in [-0.3, -0.25) is 14.9 Å². The van der Waals surface area contributed by atoms with Crippen molar-refractivity contribution in [2.45, 2.75) is 13.5 Å². The predicted octanol–water partition coefficient (Wildman–Crippen LogP) is 2.27. The minimum atomic E-state index is -0.317. The molecule has 0 unspecified atom stereocenters. The summed E-state index contributed by atoms with van der Waals surface area (Å²) < 4.78 is 1.49. The van der Waals surface area contributed by atoms with Crippen LogP contribution in [0.1, 0.15) is 22.8 Å². The van der Waals surface area contributed by atoms with Gasteiger partial charge < -0.3 is 5.32 Å². The lowest BCUT2D eigenvalue weighted by molar-refractivity contribution is -0.119. The number of rotatable bonds is 4. The minimum Gasteiger partial charge on any atom is -0.352 e. The molecule has 0 aliphatic rings. The maximum Gasteiger partial charge on any atom is 0.258 e. The zero-order valence-corrected chi connectivity index (χ0v) is 13.5. The van der Waals surface area contributed by atoms with E-state index in [0.717, 1.165) is 5.56 Å². The van der Waals surface area contributed by atoms with E-state index in [1.807, 2.05) is 0 Å². The quantitative estimate of drug-likeness (QED) is 0.760. The van der Waals surface area contributed by atoms with Crippen LogP contribution in [0.5, 0.6) is 0 Å². The van der Waals surface area contributed by atoms with Crippen LogP contribution < -0.4 is 10.6 Å². The van der Waals surface area contributed by atoms with Gasteiger partial charge in [0.25, 0.3) is 5.91 Å². The second-order valence-corrected chi connectivity index (χ2v) is 5.58. The lowest BCUT2D eigenvalue weighted by Gasteiger charge is -2.04. The van der Waals surface area contributed by atoms with Crippen LogP contribution in [0.3, 0.4) is 0 Å². The van der Waals surface area contributed by atoms with Crippen LogP contribution in [0, 0.1) is 0 Å². The van der Waals surface area contributed by atoms with Crippen LogP contribution in [0.25, 0.3) is 5.65 Å². The maximum atomic E-state index is 12.2. The minimum absolute atomic E-state index is 0.102. The number of nitrogens with zero attached hydrogens (tertiary/aromatic N) is 3. The molecule has 0 aliphatic carbocycles. The van der Waals surface area contributed by atoms with Gasteiger partial charge >= 0.3 is 0 Å². The molecular weight excluding hydrogens is 330 g/mol. The van der Waals surface area contributed by atoms with Crippen molar-refractivity contribution in [2.75, 3.05) is 5.32 Å². The number of aromatic nitrogens is 3. The Hall–Kier alpha value is -2.93. The van der Waals surface area contributed by atoms with E-state index in [2.05, 4.69) is 20.7 Å². The molecule has 0 saturated heterocycles. The molecule has 0 spiro atoms. The topological polar surface area (TPSA) is 88.4 Å². The molecule has 3 rings (SSSR count). The van der Waals surface area contributed by atoms with Crippen molar-refractivity contribution in [2.24, 2.45) is 0 Å². The molecule has 0 bridgehead atoms. The summed E-state index contributed by atoms with van der Waals surface area (Å²) in [6, 6.07) is 10.3. The smallest absolute Gasteiger partial charge is 0.258 e. The first-order chi connectivity index (χ1) is 11.5. The predicted molar refractivity (Wildman–Crippen MR) is 89.9 cm³/mol. The average molecular weight is 344 g/mol. The Kier molecular flexibility index (Phi) is 4.43. The van der Waals surface area contributed by atoms with E-state index in [9.17, 15) is 9.59 Å². The van der Waals surface area contributed by atoms with E-state index in [1.54, 1.807) is 42.6 Å². The fourth-order valence-corrected chi connectivity index (χ4v) is 2.24. The van der Waals surface area contributed by atoms with Gasteiger partial charge in [0.05, 0.1) is 5.02 Å². The largest absolute Gasteiger partial charge is 0.352 e. The summed E-state index contributed by atoms with van der Waals surface area (Å²) in [5, 5.41) is 10.0. The Morgan fingerprint density at radius 2 is 1.92 bits per heavy atom. The number of hydrogen-bond acceptors (Lipinski definition) is 4. The Balaban J connectivity index is 1.70. The lowest BCUT2D eigenvalue weighted by atomic mass is 10.1. The van der Waals surface area contributed by atoms with Crippen molar-refractivity contribution in [3.63, 3.8) is 0 Å². The number of carbonyl (C=O) groups is 2. The summed E-state index contributed by atoms with van der Waals surface area (Å²) in [6.07, 6.45) is 1.61. The maximum absolute atomic E-state index is 12.2. The highest BCUT2D eigenvalue weighted by Crippen LogP contribution is 2.12. The fraction of sp³-hybridized carbons (Fsp3) is 0.125. The summed E-state index contributed by atoms with van der Waals surface area (Å²) >= 11 is 5.89. The number of benzene rings is 1. The number of halogens is 1. The zero-order valence-electron chi connectivity index (χ0n) is 12.8. The molecule has 0 radical (unpaired) electrons. The van der Waals surface area contributed by atoms with E-state index >= 15 is 0 Å². The van der Waals surface area contributed by atoms with Gasteiger partial charge in [0.1, 0.15) is 0 Å². The van der Waals surface area contributed by atoms with Gasteiger partial charge in [-0.05, 0) is 29.8 Å². The molecule has 0 fully saturated rings. The van der Waals surface area contributed by atoms with Crippen molar-refractivity contribution in [1.82, 2.24) is 19.9 Å². The fourth-order valence-electron chi connectivity index (χ4n) is 2.09. The molecular formula is C16H14ClN5O2. The van der Waals surface area contributed by atoms with Crippen molar-refractivity contribution in [1.29, 1.82) is 0 Å². The lowest BCUT2D eigenvalue weighted by Crippen LogP contribution is -2.19. The summed E-state index contributed by atoms with van der Waals surface area (Å²) in [7, 11) is 0. The third-order valence-electron chi connectivity index (χ3n) is 3.28. The Morgan fingerprint density at radius 1 is 1.17 bits per heavy atom. The van der Waals surface area contributed by atoms with Crippen molar-refractivity contribution in [3.8, 4) is 0 Å². The van der Waals surface area contributed by atoms with E-state index in [-0.39, 0.29) is 17.8 Å². The Labute approximate surface area is 142 Å². The third kappa shape index (κ3) is 3.69. The SMILES string of the molecule is CC(=O)NCc1ccc(C(=O)Nc2nc3ccc(Cl)cn3n2)cc1. The van der Waals surface area contributed by atoms with Crippen LogP contribution in [0.2, 0.25) is 5.02 Å². The molecule has 0 atom stereocenters. The van der Waals surface area contributed by atoms with Gasteiger partial charge in [-0.15, -0.1) is 5.10 Å². The number of anilines is 1. The molecule has 2 aromatic heterocycles. The van der Waals surface area contributed by atoms with Crippen LogP contribution in [0.15, 0.2) is 42.6 Å². The number of hydrogen-bond donors (Lipinski definition) is 2. The number of fused-ring (bicyclic) bond motifs is 1. The van der Waals surface area contributed by atoms with Gasteiger partial charge in [-0.2, -0.15) is 4.98 Å². The molecule has 2 N–H and O–H groups in total. The molecule has 2 amide bonds. The summed E-state index contributed by atoms with van der Waals surface area (Å²) in [6.45, 7) is 1.88. The van der Waals surface area contributed by atoms with Gasteiger partial charge in [0, 0.05) is 25.2 Å². The molecule has 7 nitrogen and oxygen atoms in total. The number of nitrogens with one attached hydrogen (secondary N) is 2. The van der Waals surface area contributed by atoms with Crippen LogP contribution in [0.4, 0.5) is 5.95 Å². The molecule has 0 aliphatic heterocycles. The molecule has 1 aromatic carbocycles. The van der Waals surface area contributed by atoms with E-state index in [1.165, 1.54) is 11.4 Å². The van der Waals surface area contributed by atoms with Crippen LogP contribution in [-0.4, -0.2) is 26.4 Å². The standard InChI is InChI=1S/C16H14ClN5O2/c1-10(23)18-8-11-2-4-12(5-3-11)15(24)20-16-19-14-7-6-13(17)9-22(14)21-16/h2-7,9H,8H2,1H3,(H,18,23)(H,20,21,24). The summed E-state index contributed by atoms with van der Waals surface area (Å²) in [5.41, 5.74) is 1.96. The zero-order chi connectivity index (χ0) is 17.1. The first-order valence-corrected chi connectivity index (χ1v) is 7.56. The van der Waals surface area contributed by atoms with Gasteiger partial charge in [-0.1, -0.05) is 23.7 Å². The highest BCUT2D eigenvalue weighted by molar-refractivity contribution is 6.30. The highest BCUT2D eigenvalue weighted by Gasteiger charge is 2.10. The summed E-state index contributed by atoms with van der Waals surface area (Å²) in [5.74, 6) is -0.220. The van der Waals surface area contributed by atoms with Crippen LogP contribution >= 0.6 is 11.6 Å². The number of carbonyl (C=O) groups excluding carboxylic acids is 2. The Bertz CT molecular complexity index is 904. The first kappa shape index (κ1) is 15.9. The molecule has 2 heterocycles. The third-order valence-corrected chi connectivity index (χ3v) is 3.50. The molecule has 8 heteroatoms. The normalized spacial score (nSPS) is 10.6. The summed E-state index contributed by atoms with van der Waals surface area (Å²) in [4.78, 5) is 27.3. The van der Waals surface area contributed by atoms with Crippen molar-refractivity contribution in [3.05, 3.63) is 58.7 Å². The molecule has 0 saturated carbocycles. The second kappa shape index (κ2) is 6.67. The van der Waals surface area contributed by atoms with E-state index in [0.29, 0.717) is 22.8 Å². The van der Waals surface area contributed by atoms with Crippen molar-refractivity contribution < 1.29 is 9.59 Å². The average Bonchev–Trinajstić information content (AvgIpc) is 2.94. The second-order valence-electron chi connectivity index (χ2n) is 5.15. The molecule has 122 valence electrons. The highest BCUT2D eigenvalue weighted by atomic mass is 35.5. The Morgan fingerprint density at radius 3 is 2.62 bits per heavy atom. The van der Waals surface area contributed by atoms with Crippen molar-refractivity contribution >= 4 is 35.0 Å². The number of pyridine rings is 1. The van der Waals surface area contributed by atoms with Gasteiger partial charge in [0.15, 0.2) is 5.65 Å². The number of amides is 2. The molecule has 3 aromatic rings. The van der Waals surface area contributed by atoms with Gasteiger partial charge in [0.2, 0.25) is 11.9 Å². The molecule has 24 heavy (non-hydrogen) atoms. The van der Waals surface area contributed by atoms with E-state index in [4.69, 9.17) is 11.6 Å². The monoisotopic (exact) mass is 343 g/mol. The van der Waals surface area contributed by atoms with E-state index < -0.39 is 0 Å². The first-order valence-electron chi connectivity index (χ1n) is 7.18. The van der Waals surface area contributed by atoms with Gasteiger partial charge in [-0.25, -0.2) is 4.52 Å².